The summed E-state index contributed by atoms with van der Waals surface area (Å²) in [5.74, 6) is 0. The van der Waals surface area contributed by atoms with E-state index in [4.69, 9.17) is 24.1 Å². The Morgan fingerprint density at radius 3 is 2.04 bits per heavy atom. The average Bonchev–Trinajstić information content (AvgIpc) is 2.54. The second kappa shape index (κ2) is 7.66. The van der Waals surface area contributed by atoms with Crippen molar-refractivity contribution in [3.05, 3.63) is 0 Å². The van der Waals surface area contributed by atoms with Gasteiger partial charge in [-0.05, 0) is 6.92 Å². The smallest absolute Gasteiger partial charge is 0.187 e. The van der Waals surface area contributed by atoms with Gasteiger partial charge in [0.15, 0.2) is 12.6 Å². The maximum atomic E-state index is 10.1. The van der Waals surface area contributed by atoms with Crippen molar-refractivity contribution in [1.29, 1.82) is 0 Å². The van der Waals surface area contributed by atoms with Gasteiger partial charge in [0.1, 0.15) is 42.7 Å². The van der Waals surface area contributed by atoms with Crippen LogP contribution in [0.4, 0.5) is 0 Å². The Labute approximate surface area is 132 Å². The molecule has 0 unspecified atom stereocenters. The highest BCUT2D eigenvalue weighted by molar-refractivity contribution is 4.92. The third kappa shape index (κ3) is 3.66. The molecule has 2 heterocycles. The molecule has 0 aliphatic carbocycles. The SMILES string of the molecule is CO[C@@H]1O[C@H](CO)[C@H](O)[C@H](O)[C@H]1O[C@H]1O[C@@H](C)[C@@H](O)[C@@H](O)[C@@H]1O. The van der Waals surface area contributed by atoms with E-state index in [0.29, 0.717) is 0 Å². The molecule has 2 aliphatic rings. The van der Waals surface area contributed by atoms with E-state index in [-0.39, 0.29) is 0 Å². The molecule has 0 amide bonds. The molecule has 23 heavy (non-hydrogen) atoms. The van der Waals surface area contributed by atoms with Gasteiger partial charge in [0.05, 0.1) is 12.7 Å². The number of aliphatic hydroxyl groups is 6. The molecule has 0 aromatic heterocycles. The van der Waals surface area contributed by atoms with Crippen LogP contribution in [0.15, 0.2) is 0 Å². The van der Waals surface area contributed by atoms with Gasteiger partial charge in [-0.1, -0.05) is 0 Å². The second-order valence-electron chi connectivity index (χ2n) is 5.72. The molecule has 6 N–H and O–H groups in total. The summed E-state index contributed by atoms with van der Waals surface area (Å²) in [6.07, 6.45) is -12.9. The summed E-state index contributed by atoms with van der Waals surface area (Å²) in [5, 5.41) is 58.5. The Morgan fingerprint density at radius 1 is 0.826 bits per heavy atom. The predicted octanol–water partition coefficient (Wildman–Crippen LogP) is -3.72. The van der Waals surface area contributed by atoms with Crippen LogP contribution in [0.2, 0.25) is 0 Å². The molecule has 2 aliphatic heterocycles. The number of methoxy groups -OCH3 is 1. The van der Waals surface area contributed by atoms with E-state index in [1.807, 2.05) is 0 Å². The van der Waals surface area contributed by atoms with E-state index < -0.39 is 68.0 Å². The zero-order valence-electron chi connectivity index (χ0n) is 12.8. The van der Waals surface area contributed by atoms with Crippen LogP contribution >= 0.6 is 0 Å². The Hall–Kier alpha value is -0.400. The van der Waals surface area contributed by atoms with E-state index in [2.05, 4.69) is 0 Å². The highest BCUT2D eigenvalue weighted by atomic mass is 16.8. The highest BCUT2D eigenvalue weighted by Gasteiger charge is 2.49. The van der Waals surface area contributed by atoms with Crippen LogP contribution < -0.4 is 0 Å². The van der Waals surface area contributed by atoms with Crippen molar-refractivity contribution in [3.8, 4) is 0 Å². The van der Waals surface area contributed by atoms with Crippen molar-refractivity contribution < 1.29 is 49.6 Å². The van der Waals surface area contributed by atoms with Crippen LogP contribution in [0.1, 0.15) is 6.92 Å². The summed E-state index contributed by atoms with van der Waals surface area (Å²) in [7, 11) is 1.28. The normalized spacial score (nSPS) is 51.7. The lowest BCUT2D eigenvalue weighted by Gasteiger charge is -2.45. The molecule has 136 valence electrons. The van der Waals surface area contributed by atoms with Gasteiger partial charge in [-0.3, -0.25) is 0 Å². The van der Waals surface area contributed by atoms with Gasteiger partial charge in [0.2, 0.25) is 0 Å². The van der Waals surface area contributed by atoms with Gasteiger partial charge in [-0.25, -0.2) is 0 Å². The number of ether oxygens (including phenoxy) is 4. The third-order valence-electron chi connectivity index (χ3n) is 4.16. The van der Waals surface area contributed by atoms with Crippen molar-refractivity contribution >= 4 is 0 Å². The maximum Gasteiger partial charge on any atom is 0.187 e. The van der Waals surface area contributed by atoms with Crippen molar-refractivity contribution in [2.24, 2.45) is 0 Å². The maximum absolute atomic E-state index is 10.1. The van der Waals surface area contributed by atoms with Crippen LogP contribution in [0.3, 0.4) is 0 Å². The molecule has 0 radical (unpaired) electrons. The number of aliphatic hydroxyl groups excluding tert-OH is 6. The summed E-state index contributed by atoms with van der Waals surface area (Å²) >= 11 is 0. The van der Waals surface area contributed by atoms with Gasteiger partial charge in [-0.2, -0.15) is 0 Å². The Morgan fingerprint density at radius 2 is 1.48 bits per heavy atom. The van der Waals surface area contributed by atoms with E-state index in [0.717, 1.165) is 0 Å². The van der Waals surface area contributed by atoms with Gasteiger partial charge in [0.25, 0.3) is 0 Å². The summed E-state index contributed by atoms with van der Waals surface area (Å²) in [6.45, 7) is 0.948. The van der Waals surface area contributed by atoms with Gasteiger partial charge >= 0.3 is 0 Å². The Kier molecular flexibility index (Phi) is 6.30. The number of hydrogen-bond donors (Lipinski definition) is 6. The molecule has 0 bridgehead atoms. The van der Waals surface area contributed by atoms with Gasteiger partial charge in [-0.15, -0.1) is 0 Å². The average molecular weight is 340 g/mol. The molecule has 0 spiro atoms. The van der Waals surface area contributed by atoms with Crippen LogP contribution in [-0.4, -0.2) is 106 Å². The van der Waals surface area contributed by atoms with Gasteiger partial charge < -0.3 is 49.6 Å². The molecule has 2 rings (SSSR count). The number of rotatable bonds is 4. The van der Waals surface area contributed by atoms with Crippen molar-refractivity contribution in [2.75, 3.05) is 13.7 Å². The molecule has 0 aromatic rings. The first-order valence-corrected chi connectivity index (χ1v) is 7.32. The molecule has 0 saturated carbocycles. The molecular formula is C13H24O10. The fourth-order valence-corrected chi connectivity index (χ4v) is 2.67. The van der Waals surface area contributed by atoms with E-state index in [9.17, 15) is 25.5 Å². The monoisotopic (exact) mass is 340 g/mol. The topological polar surface area (TPSA) is 158 Å². The van der Waals surface area contributed by atoms with Crippen LogP contribution in [0.5, 0.6) is 0 Å². The van der Waals surface area contributed by atoms with Crippen molar-refractivity contribution in [2.45, 2.75) is 68.3 Å². The van der Waals surface area contributed by atoms with E-state index in [1.54, 1.807) is 0 Å². The van der Waals surface area contributed by atoms with Gasteiger partial charge in [0, 0.05) is 7.11 Å². The second-order valence-corrected chi connectivity index (χ2v) is 5.72. The quantitative estimate of drug-likeness (QED) is 0.300. The molecule has 10 heteroatoms. The minimum atomic E-state index is -1.57. The fraction of sp³-hybridized carbons (Fsp3) is 1.00. The minimum absolute atomic E-state index is 0.532. The first-order chi connectivity index (χ1) is 10.8. The number of hydrogen-bond acceptors (Lipinski definition) is 10. The van der Waals surface area contributed by atoms with E-state index in [1.165, 1.54) is 14.0 Å². The summed E-state index contributed by atoms with van der Waals surface area (Å²) < 4.78 is 21.0. The summed E-state index contributed by atoms with van der Waals surface area (Å²) in [4.78, 5) is 0. The molecule has 0 aromatic carbocycles. The van der Waals surface area contributed by atoms with Crippen LogP contribution in [0.25, 0.3) is 0 Å². The van der Waals surface area contributed by atoms with Crippen molar-refractivity contribution in [3.63, 3.8) is 0 Å². The lowest BCUT2D eigenvalue weighted by atomic mass is 9.97. The molecule has 10 nitrogen and oxygen atoms in total. The first-order valence-electron chi connectivity index (χ1n) is 7.32. The Bertz CT molecular complexity index is 380. The minimum Gasteiger partial charge on any atom is -0.394 e. The van der Waals surface area contributed by atoms with Crippen molar-refractivity contribution in [1.82, 2.24) is 0 Å². The summed E-state index contributed by atoms with van der Waals surface area (Å²) in [5.41, 5.74) is 0. The van der Waals surface area contributed by atoms with Crippen LogP contribution in [-0.2, 0) is 18.9 Å². The summed E-state index contributed by atoms with van der Waals surface area (Å²) in [6, 6.07) is 0. The first kappa shape index (κ1) is 18.9. The third-order valence-corrected chi connectivity index (χ3v) is 4.16. The zero-order chi connectivity index (χ0) is 17.3. The predicted molar refractivity (Wildman–Crippen MR) is 72.0 cm³/mol. The zero-order valence-corrected chi connectivity index (χ0v) is 12.8. The lowest BCUT2D eigenvalue weighted by Crippen LogP contribution is -2.64. The molecular weight excluding hydrogens is 316 g/mol. The highest BCUT2D eigenvalue weighted by Crippen LogP contribution is 2.29. The lowest BCUT2D eigenvalue weighted by molar-refractivity contribution is -0.361. The molecule has 2 fully saturated rings. The fourth-order valence-electron chi connectivity index (χ4n) is 2.67. The standard InChI is InChI=1S/C13H24O10/c1-4-6(15)8(17)10(19)12(21-4)23-11-9(18)7(16)5(3-14)22-13(11)20-2/h4-19H,3H2,1-2H3/t4-,5+,6+,7-,8+,9-,10-,11+,12+,13+/m0/s1. The largest absolute Gasteiger partial charge is 0.394 e. The Balaban J connectivity index is 2.10. The molecule has 2 saturated heterocycles. The van der Waals surface area contributed by atoms with Crippen LogP contribution in [0, 0.1) is 0 Å². The van der Waals surface area contributed by atoms with E-state index >= 15 is 0 Å². The molecule has 10 atom stereocenters.